The van der Waals surface area contributed by atoms with Gasteiger partial charge in [-0.3, -0.25) is 14.9 Å². The molecule has 28 heavy (non-hydrogen) atoms. The van der Waals surface area contributed by atoms with Crippen LogP contribution < -0.4 is 4.80 Å². The number of nitro groups is 1. The zero-order valence-electron chi connectivity index (χ0n) is 14.7. The predicted molar refractivity (Wildman–Crippen MR) is 99.2 cm³/mol. The highest BCUT2D eigenvalue weighted by Gasteiger charge is 2.18. The normalized spacial score (nSPS) is 11.9. The number of ether oxygens (including phenoxy) is 1. The number of fused-ring (bicyclic) bond motifs is 1. The van der Waals surface area contributed by atoms with Gasteiger partial charge in [-0.2, -0.15) is 4.99 Å². The molecule has 7 nitrogen and oxygen atoms in total. The maximum atomic E-state index is 13.9. The van der Waals surface area contributed by atoms with Crippen molar-refractivity contribution in [2.45, 2.75) is 13.5 Å². The van der Waals surface area contributed by atoms with Crippen LogP contribution in [0.5, 0.6) is 0 Å². The summed E-state index contributed by atoms with van der Waals surface area (Å²) in [6, 6.07) is 7.36. The minimum atomic E-state index is -1.07. The first-order valence-corrected chi connectivity index (χ1v) is 9.12. The van der Waals surface area contributed by atoms with Gasteiger partial charge >= 0.3 is 0 Å². The third-order valence-corrected chi connectivity index (χ3v) is 4.97. The monoisotopic (exact) mass is 407 g/mol. The first-order chi connectivity index (χ1) is 13.4. The molecule has 0 aliphatic rings. The van der Waals surface area contributed by atoms with Gasteiger partial charge in [0.25, 0.3) is 11.6 Å². The lowest BCUT2D eigenvalue weighted by molar-refractivity contribution is -0.384. The highest BCUT2D eigenvalue weighted by atomic mass is 32.1. The number of carbonyl (C=O) groups is 1. The van der Waals surface area contributed by atoms with E-state index in [0.29, 0.717) is 16.8 Å². The molecule has 0 bridgehead atoms. The van der Waals surface area contributed by atoms with Gasteiger partial charge in [-0.15, -0.1) is 0 Å². The predicted octanol–water partition coefficient (Wildman–Crippen LogP) is 3.67. The number of aromatic nitrogens is 1. The second-order valence-electron chi connectivity index (χ2n) is 5.66. The van der Waals surface area contributed by atoms with Gasteiger partial charge in [-0.05, 0) is 25.1 Å². The minimum Gasteiger partial charge on any atom is -0.380 e. The molecular formula is C18H15F2N3O4S. The molecule has 0 saturated carbocycles. The van der Waals surface area contributed by atoms with Gasteiger partial charge in [0.05, 0.1) is 21.7 Å². The van der Waals surface area contributed by atoms with Crippen LogP contribution in [0.15, 0.2) is 41.4 Å². The number of carbonyl (C=O) groups excluding carboxylic acids is 1. The van der Waals surface area contributed by atoms with Crippen molar-refractivity contribution in [1.82, 2.24) is 4.57 Å². The first kappa shape index (κ1) is 19.8. The Morgan fingerprint density at radius 2 is 2.00 bits per heavy atom. The molecule has 0 atom stereocenters. The molecule has 0 aliphatic carbocycles. The van der Waals surface area contributed by atoms with E-state index in [1.807, 2.05) is 6.92 Å². The maximum absolute atomic E-state index is 13.9. The average molecular weight is 407 g/mol. The highest BCUT2D eigenvalue weighted by molar-refractivity contribution is 7.16. The number of rotatable bonds is 6. The lowest BCUT2D eigenvalue weighted by atomic mass is 10.2. The lowest BCUT2D eigenvalue weighted by Gasteiger charge is -2.05. The Kier molecular flexibility index (Phi) is 5.90. The Morgan fingerprint density at radius 1 is 1.29 bits per heavy atom. The van der Waals surface area contributed by atoms with Crippen LogP contribution in [0, 0.1) is 21.7 Å². The zero-order chi connectivity index (χ0) is 20.3. The van der Waals surface area contributed by atoms with E-state index in [-0.39, 0.29) is 23.6 Å². The number of nitro benzene ring substituents is 1. The van der Waals surface area contributed by atoms with Gasteiger partial charge in [0, 0.05) is 25.3 Å². The van der Waals surface area contributed by atoms with Gasteiger partial charge in [0.1, 0.15) is 17.2 Å². The van der Waals surface area contributed by atoms with Gasteiger partial charge < -0.3 is 9.30 Å². The van der Waals surface area contributed by atoms with E-state index in [1.165, 1.54) is 12.1 Å². The van der Waals surface area contributed by atoms with E-state index in [2.05, 4.69) is 4.99 Å². The summed E-state index contributed by atoms with van der Waals surface area (Å²) in [6.45, 7) is 2.83. The third-order valence-electron chi connectivity index (χ3n) is 3.91. The molecule has 3 aromatic rings. The summed E-state index contributed by atoms with van der Waals surface area (Å²) >= 11 is 1.09. The summed E-state index contributed by atoms with van der Waals surface area (Å²) in [7, 11) is 0. The molecule has 0 radical (unpaired) electrons. The molecule has 0 fully saturated rings. The number of thiazole rings is 1. The van der Waals surface area contributed by atoms with Gasteiger partial charge in [-0.1, -0.05) is 17.4 Å². The topological polar surface area (TPSA) is 86.7 Å². The van der Waals surface area contributed by atoms with Crippen LogP contribution in [0.3, 0.4) is 0 Å². The molecule has 0 aliphatic heterocycles. The van der Waals surface area contributed by atoms with Crippen LogP contribution in [-0.4, -0.2) is 28.6 Å². The fraction of sp³-hybridized carbons (Fsp3) is 0.222. The van der Waals surface area contributed by atoms with Crippen molar-refractivity contribution in [3.8, 4) is 0 Å². The van der Waals surface area contributed by atoms with Crippen LogP contribution >= 0.6 is 11.3 Å². The number of nitrogens with zero attached hydrogens (tertiary/aromatic N) is 3. The number of hydrogen-bond donors (Lipinski definition) is 0. The third kappa shape index (κ3) is 3.97. The van der Waals surface area contributed by atoms with Crippen LogP contribution in [0.2, 0.25) is 0 Å². The van der Waals surface area contributed by atoms with Crippen molar-refractivity contribution in [3.05, 3.63) is 68.5 Å². The number of amides is 1. The molecule has 0 spiro atoms. The standard InChI is InChI=1S/C18H15F2N3O4S/c1-2-27-9-8-22-14-10-11(23(25)26)6-7-15(14)28-18(22)21-17(24)16-12(19)4-3-5-13(16)20/h3-7,10H,2,8-9H2,1H3. The molecule has 2 aromatic carbocycles. The molecule has 10 heteroatoms. The van der Waals surface area contributed by atoms with Crippen LogP contribution in [0.4, 0.5) is 14.5 Å². The Bertz CT molecular complexity index is 1100. The average Bonchev–Trinajstić information content (AvgIpc) is 2.98. The van der Waals surface area contributed by atoms with Crippen molar-refractivity contribution < 1.29 is 23.2 Å². The maximum Gasteiger partial charge on any atom is 0.285 e. The summed E-state index contributed by atoms with van der Waals surface area (Å²) in [5.41, 5.74) is -0.379. The summed E-state index contributed by atoms with van der Waals surface area (Å²) in [6.07, 6.45) is 0. The first-order valence-electron chi connectivity index (χ1n) is 8.31. The fourth-order valence-corrected chi connectivity index (χ4v) is 3.65. The number of halogens is 2. The molecule has 1 amide bonds. The number of non-ortho nitro benzene ring substituents is 1. The van der Waals surface area contributed by atoms with Crippen molar-refractivity contribution in [2.24, 2.45) is 4.99 Å². The van der Waals surface area contributed by atoms with Crippen LogP contribution in [0.25, 0.3) is 10.2 Å². The molecule has 1 heterocycles. The highest BCUT2D eigenvalue weighted by Crippen LogP contribution is 2.23. The van der Waals surface area contributed by atoms with Crippen LogP contribution in [0.1, 0.15) is 17.3 Å². The van der Waals surface area contributed by atoms with Crippen molar-refractivity contribution in [1.29, 1.82) is 0 Å². The summed E-state index contributed by atoms with van der Waals surface area (Å²) in [4.78, 5) is 27.0. The zero-order valence-corrected chi connectivity index (χ0v) is 15.5. The Labute approximate surface area is 161 Å². The van der Waals surface area contributed by atoms with Crippen molar-refractivity contribution in [3.63, 3.8) is 0 Å². The largest absolute Gasteiger partial charge is 0.380 e. The molecule has 0 N–H and O–H groups in total. The number of hydrogen-bond acceptors (Lipinski definition) is 5. The SMILES string of the molecule is CCOCCn1c(=NC(=O)c2c(F)cccc2F)sc2ccc([N+](=O)[O-])cc21. The molecule has 1 aromatic heterocycles. The summed E-state index contributed by atoms with van der Waals surface area (Å²) in [5, 5.41) is 11.1. The number of benzene rings is 2. The van der Waals surface area contributed by atoms with E-state index in [9.17, 15) is 23.7 Å². The van der Waals surface area contributed by atoms with E-state index in [1.54, 1.807) is 10.6 Å². The van der Waals surface area contributed by atoms with E-state index < -0.39 is 28.0 Å². The fourth-order valence-electron chi connectivity index (χ4n) is 2.62. The Morgan fingerprint density at radius 3 is 2.64 bits per heavy atom. The molecule has 146 valence electrons. The van der Waals surface area contributed by atoms with Crippen LogP contribution in [-0.2, 0) is 11.3 Å². The van der Waals surface area contributed by atoms with E-state index >= 15 is 0 Å². The smallest absolute Gasteiger partial charge is 0.285 e. The summed E-state index contributed by atoms with van der Waals surface area (Å²) < 4.78 is 35.3. The minimum absolute atomic E-state index is 0.117. The molecule has 0 saturated heterocycles. The summed E-state index contributed by atoms with van der Waals surface area (Å²) in [5.74, 6) is -3.08. The van der Waals surface area contributed by atoms with Gasteiger partial charge in [-0.25, -0.2) is 8.78 Å². The van der Waals surface area contributed by atoms with Crippen molar-refractivity contribution in [2.75, 3.05) is 13.2 Å². The Hall–Kier alpha value is -2.98. The Balaban J connectivity index is 2.15. The molecule has 0 unspecified atom stereocenters. The van der Waals surface area contributed by atoms with Gasteiger partial charge in [0.2, 0.25) is 0 Å². The van der Waals surface area contributed by atoms with E-state index in [4.69, 9.17) is 4.74 Å². The quantitative estimate of drug-likeness (QED) is 0.354. The van der Waals surface area contributed by atoms with Crippen molar-refractivity contribution >= 4 is 33.1 Å². The lowest BCUT2D eigenvalue weighted by Crippen LogP contribution is -2.20. The van der Waals surface area contributed by atoms with E-state index in [0.717, 1.165) is 29.5 Å². The second kappa shape index (κ2) is 8.36. The second-order valence-corrected chi connectivity index (χ2v) is 6.67. The van der Waals surface area contributed by atoms with Gasteiger partial charge in [0.15, 0.2) is 4.80 Å². The molecular weight excluding hydrogens is 392 g/mol. The molecule has 3 rings (SSSR count).